The average molecular weight is 491 g/mol. The molecule has 6 nitrogen and oxygen atoms in total. The molecule has 3 aliphatic rings. The van der Waals surface area contributed by atoms with Gasteiger partial charge in [-0.2, -0.15) is 0 Å². The second-order valence-electron chi connectivity index (χ2n) is 9.37. The summed E-state index contributed by atoms with van der Waals surface area (Å²) in [6, 6.07) is 14.5. The predicted molar refractivity (Wildman–Crippen MR) is 130 cm³/mol. The number of benzene rings is 3. The Bertz CT molecular complexity index is 1320. The minimum Gasteiger partial charge on any atom is -0.486 e. The maximum atomic E-state index is 15.0. The topological polar surface area (TPSA) is 63.2 Å². The van der Waals surface area contributed by atoms with Crippen LogP contribution in [0.2, 0.25) is 0 Å². The number of methoxy groups -OCH3 is 1. The van der Waals surface area contributed by atoms with Gasteiger partial charge in [0, 0.05) is 17.2 Å². The summed E-state index contributed by atoms with van der Waals surface area (Å²) in [4.78, 5) is 11.7. The molecule has 6 rings (SSSR count). The lowest BCUT2D eigenvalue weighted by atomic mass is 9.98. The molecule has 0 aromatic heterocycles. The van der Waals surface area contributed by atoms with Gasteiger partial charge >= 0.3 is 5.97 Å². The molecule has 1 heterocycles. The number of hydrogen-bond donors (Lipinski definition) is 0. The van der Waals surface area contributed by atoms with Crippen LogP contribution in [0.15, 0.2) is 48.5 Å². The number of halogens is 1. The number of esters is 1. The molecule has 2 aliphatic carbocycles. The highest BCUT2D eigenvalue weighted by atomic mass is 19.1. The van der Waals surface area contributed by atoms with Gasteiger partial charge in [-0.05, 0) is 79.1 Å². The lowest BCUT2D eigenvalue weighted by Gasteiger charge is -2.20. The van der Waals surface area contributed by atoms with Crippen molar-refractivity contribution in [2.24, 2.45) is 0 Å². The molecular weight excluding hydrogens is 463 g/mol. The molecule has 1 aliphatic heterocycles. The van der Waals surface area contributed by atoms with Crippen molar-refractivity contribution in [2.45, 2.75) is 44.1 Å². The normalized spacial score (nSPS) is 19.4. The smallest absolute Gasteiger partial charge is 0.306 e. The van der Waals surface area contributed by atoms with E-state index >= 15 is 0 Å². The first kappa shape index (κ1) is 22.7. The molecule has 186 valence electrons. The highest BCUT2D eigenvalue weighted by molar-refractivity contribution is 5.70. The highest BCUT2D eigenvalue weighted by Crippen LogP contribution is 2.44. The van der Waals surface area contributed by atoms with Crippen LogP contribution in [0.25, 0.3) is 0 Å². The van der Waals surface area contributed by atoms with Crippen LogP contribution in [0.5, 0.6) is 28.7 Å². The van der Waals surface area contributed by atoms with E-state index < -0.39 is 6.10 Å². The zero-order chi connectivity index (χ0) is 24.6. The second-order valence-corrected chi connectivity index (χ2v) is 9.37. The van der Waals surface area contributed by atoms with Crippen LogP contribution < -0.4 is 18.9 Å². The van der Waals surface area contributed by atoms with E-state index in [1.165, 1.54) is 24.3 Å². The quantitative estimate of drug-likeness (QED) is 0.392. The van der Waals surface area contributed by atoms with E-state index in [1.807, 2.05) is 30.3 Å². The van der Waals surface area contributed by atoms with E-state index in [0.29, 0.717) is 66.8 Å². The third kappa shape index (κ3) is 4.23. The molecule has 0 amide bonds. The van der Waals surface area contributed by atoms with Crippen LogP contribution in [0.1, 0.15) is 53.5 Å². The minimum atomic E-state index is -0.394. The Balaban J connectivity index is 1.21. The second kappa shape index (κ2) is 9.37. The first-order valence-corrected chi connectivity index (χ1v) is 12.3. The van der Waals surface area contributed by atoms with Gasteiger partial charge in [0.25, 0.3) is 0 Å². The number of carbonyl (C=O) groups excluding carboxylic acids is 1. The molecule has 0 saturated heterocycles. The number of rotatable bonds is 6. The van der Waals surface area contributed by atoms with Gasteiger partial charge in [-0.1, -0.05) is 6.07 Å². The van der Waals surface area contributed by atoms with Gasteiger partial charge in [0.1, 0.15) is 42.4 Å². The molecule has 2 atom stereocenters. The Morgan fingerprint density at radius 2 is 1.81 bits per heavy atom. The highest BCUT2D eigenvalue weighted by Gasteiger charge is 2.32. The zero-order valence-corrected chi connectivity index (χ0v) is 20.1. The fraction of sp³-hybridized carbons (Fsp3) is 0.345. The van der Waals surface area contributed by atoms with E-state index in [2.05, 4.69) is 0 Å². The van der Waals surface area contributed by atoms with Gasteiger partial charge in [-0.15, -0.1) is 0 Å². The molecule has 0 unspecified atom stereocenters. The molecule has 0 bridgehead atoms. The third-order valence-corrected chi connectivity index (χ3v) is 7.22. The Labute approximate surface area is 208 Å². The summed E-state index contributed by atoms with van der Waals surface area (Å²) in [5, 5.41) is 0. The Kier molecular flexibility index (Phi) is 5.91. The fourth-order valence-electron chi connectivity index (χ4n) is 5.49. The molecule has 0 radical (unpaired) electrons. The predicted octanol–water partition coefficient (Wildman–Crippen LogP) is 6.05. The standard InChI is InChI=1S/C29H27FO6/c1-32-28(31)15-18-3-2-17-14-19(4-6-21(17)18)36-26-10-7-22-24(11-8-23(30)29(22)26)35-20-5-9-25-27(16-20)34-13-12-33-25/h4-6,8-9,11,14,16,18,26H,2-3,7,10,12-13,15H2,1H3/t18-,26+/m0/s1. The Hall–Kier alpha value is -3.74. The zero-order valence-electron chi connectivity index (χ0n) is 20.1. The van der Waals surface area contributed by atoms with Crippen LogP contribution in [-0.4, -0.2) is 26.3 Å². The number of aryl methyl sites for hydroxylation is 1. The molecule has 36 heavy (non-hydrogen) atoms. The first-order chi connectivity index (χ1) is 17.6. The van der Waals surface area contributed by atoms with Crippen molar-refractivity contribution >= 4 is 5.97 Å². The Morgan fingerprint density at radius 1 is 0.972 bits per heavy atom. The van der Waals surface area contributed by atoms with Crippen molar-refractivity contribution in [3.8, 4) is 28.7 Å². The van der Waals surface area contributed by atoms with Gasteiger partial charge < -0.3 is 23.7 Å². The van der Waals surface area contributed by atoms with Gasteiger partial charge in [0.15, 0.2) is 11.5 Å². The summed E-state index contributed by atoms with van der Waals surface area (Å²) in [6.45, 7) is 1.02. The fourth-order valence-corrected chi connectivity index (χ4v) is 5.49. The van der Waals surface area contributed by atoms with Crippen molar-refractivity contribution in [1.82, 2.24) is 0 Å². The molecule has 7 heteroatoms. The maximum Gasteiger partial charge on any atom is 0.306 e. The summed E-state index contributed by atoms with van der Waals surface area (Å²) < 4.78 is 43.5. The molecule has 0 N–H and O–H groups in total. The summed E-state index contributed by atoms with van der Waals surface area (Å²) in [5.74, 6) is 2.96. The van der Waals surface area contributed by atoms with E-state index in [4.69, 9.17) is 23.7 Å². The van der Waals surface area contributed by atoms with E-state index in [0.717, 1.165) is 18.4 Å². The summed E-state index contributed by atoms with van der Waals surface area (Å²) >= 11 is 0. The van der Waals surface area contributed by atoms with Gasteiger partial charge in [0.05, 0.1) is 13.5 Å². The molecule has 3 aromatic carbocycles. The van der Waals surface area contributed by atoms with Crippen LogP contribution in [0, 0.1) is 5.82 Å². The van der Waals surface area contributed by atoms with Crippen molar-refractivity contribution in [2.75, 3.05) is 20.3 Å². The molecule has 0 fully saturated rings. The number of ether oxygens (including phenoxy) is 5. The van der Waals surface area contributed by atoms with Crippen molar-refractivity contribution in [1.29, 1.82) is 0 Å². The first-order valence-electron chi connectivity index (χ1n) is 12.3. The minimum absolute atomic E-state index is 0.173. The van der Waals surface area contributed by atoms with E-state index in [1.54, 1.807) is 12.1 Å². The van der Waals surface area contributed by atoms with Crippen molar-refractivity contribution in [3.63, 3.8) is 0 Å². The molecular formula is C29H27FO6. The number of hydrogen-bond acceptors (Lipinski definition) is 6. The molecule has 3 aromatic rings. The van der Waals surface area contributed by atoms with Crippen molar-refractivity contribution in [3.05, 3.63) is 76.6 Å². The molecule has 0 saturated carbocycles. The van der Waals surface area contributed by atoms with Crippen molar-refractivity contribution < 1.29 is 32.9 Å². The summed E-state index contributed by atoms with van der Waals surface area (Å²) in [5.41, 5.74) is 3.72. The van der Waals surface area contributed by atoms with E-state index in [-0.39, 0.29) is 17.7 Å². The van der Waals surface area contributed by atoms with Gasteiger partial charge in [-0.3, -0.25) is 4.79 Å². The monoisotopic (exact) mass is 490 g/mol. The van der Waals surface area contributed by atoms with Crippen LogP contribution >= 0.6 is 0 Å². The largest absolute Gasteiger partial charge is 0.486 e. The van der Waals surface area contributed by atoms with E-state index in [9.17, 15) is 9.18 Å². The average Bonchev–Trinajstić information content (AvgIpc) is 3.50. The SMILES string of the molecule is COC(=O)C[C@@H]1CCc2cc(O[C@@H]3CCc4c(Oc5ccc6c(c5)OCCO6)ccc(F)c43)ccc21. The summed E-state index contributed by atoms with van der Waals surface area (Å²) in [7, 11) is 1.42. The van der Waals surface area contributed by atoms with Gasteiger partial charge in [0.2, 0.25) is 0 Å². The Morgan fingerprint density at radius 3 is 2.67 bits per heavy atom. The number of fused-ring (bicyclic) bond motifs is 3. The summed E-state index contributed by atoms with van der Waals surface area (Å²) in [6.07, 6.45) is 3.11. The van der Waals surface area contributed by atoms with Crippen LogP contribution in [0.3, 0.4) is 0 Å². The lowest BCUT2D eigenvalue weighted by molar-refractivity contribution is -0.141. The third-order valence-electron chi connectivity index (χ3n) is 7.22. The van der Waals surface area contributed by atoms with Crippen LogP contribution in [-0.2, 0) is 22.4 Å². The lowest BCUT2D eigenvalue weighted by Crippen LogP contribution is -2.15. The van der Waals surface area contributed by atoms with Gasteiger partial charge in [-0.25, -0.2) is 4.39 Å². The molecule has 0 spiro atoms. The van der Waals surface area contributed by atoms with Crippen LogP contribution in [0.4, 0.5) is 4.39 Å². The maximum absolute atomic E-state index is 15.0. The number of carbonyl (C=O) groups is 1.